The number of benzene rings is 3. The fourth-order valence-electron chi connectivity index (χ4n) is 4.24. The highest BCUT2D eigenvalue weighted by Gasteiger charge is 2.54. The van der Waals surface area contributed by atoms with Gasteiger partial charge in [0.05, 0.1) is 12.2 Å². The lowest BCUT2D eigenvalue weighted by Gasteiger charge is -2.41. The Labute approximate surface area is 177 Å². The predicted molar refractivity (Wildman–Crippen MR) is 115 cm³/mol. The fourth-order valence-corrected chi connectivity index (χ4v) is 4.24. The molecule has 30 heavy (non-hydrogen) atoms. The monoisotopic (exact) mass is 402 g/mol. The second kappa shape index (κ2) is 8.41. The van der Waals surface area contributed by atoms with Gasteiger partial charge in [0.1, 0.15) is 17.2 Å². The number of ether oxygens (including phenoxy) is 4. The Kier molecular flexibility index (Phi) is 5.33. The van der Waals surface area contributed by atoms with E-state index in [1.807, 2.05) is 91.0 Å². The summed E-state index contributed by atoms with van der Waals surface area (Å²) in [5.74, 6) is 1.51. The highest BCUT2D eigenvalue weighted by Crippen LogP contribution is 2.45. The normalized spacial score (nSPS) is 22.6. The zero-order valence-electron chi connectivity index (χ0n) is 16.9. The van der Waals surface area contributed by atoms with Crippen molar-refractivity contribution in [1.82, 2.24) is 0 Å². The molecule has 1 saturated carbocycles. The maximum Gasteiger partial charge on any atom is 0.288 e. The largest absolute Gasteiger partial charge is 0.485 e. The first-order valence-electron chi connectivity index (χ1n) is 10.6. The standard InChI is InChI=1S/C26H26O4/c1-4-10-21(11-5-1)27-19-26(29-22-12-6-2-7-13-22,30-23-14-8-3-9-15-23)20-16-17-24-25(18-20)28-24/h1-15,20,24-25H,16-19H2. The molecule has 0 radical (unpaired) electrons. The Hall–Kier alpha value is -2.98. The van der Waals surface area contributed by atoms with Crippen molar-refractivity contribution in [3.05, 3.63) is 91.0 Å². The van der Waals surface area contributed by atoms with Gasteiger partial charge in [-0.15, -0.1) is 0 Å². The van der Waals surface area contributed by atoms with E-state index in [1.165, 1.54) is 0 Å². The van der Waals surface area contributed by atoms with Crippen LogP contribution in [0.1, 0.15) is 19.3 Å². The summed E-state index contributed by atoms with van der Waals surface area (Å²) in [7, 11) is 0. The van der Waals surface area contributed by atoms with Crippen molar-refractivity contribution < 1.29 is 18.9 Å². The van der Waals surface area contributed by atoms with Gasteiger partial charge < -0.3 is 18.9 Å². The van der Waals surface area contributed by atoms with E-state index in [9.17, 15) is 0 Å². The van der Waals surface area contributed by atoms with Crippen LogP contribution in [0.5, 0.6) is 17.2 Å². The summed E-state index contributed by atoms with van der Waals surface area (Å²) in [5.41, 5.74) is 0. The maximum atomic E-state index is 6.63. The van der Waals surface area contributed by atoms with Crippen LogP contribution in [-0.4, -0.2) is 24.6 Å². The smallest absolute Gasteiger partial charge is 0.288 e. The molecule has 4 heteroatoms. The van der Waals surface area contributed by atoms with Gasteiger partial charge in [-0.05, 0) is 55.7 Å². The maximum absolute atomic E-state index is 6.63. The number of hydrogen-bond acceptors (Lipinski definition) is 4. The van der Waals surface area contributed by atoms with E-state index in [0.717, 1.165) is 36.5 Å². The van der Waals surface area contributed by atoms with Crippen molar-refractivity contribution in [2.24, 2.45) is 5.92 Å². The van der Waals surface area contributed by atoms with Crippen LogP contribution in [0, 0.1) is 5.92 Å². The molecule has 2 aliphatic rings. The summed E-state index contributed by atoms with van der Waals surface area (Å²) in [6.45, 7) is 0.281. The molecule has 3 atom stereocenters. The van der Waals surface area contributed by atoms with E-state index in [2.05, 4.69) is 0 Å². The Bertz CT molecular complexity index is 888. The lowest BCUT2D eigenvalue weighted by molar-refractivity contribution is -0.182. The molecule has 0 N–H and O–H groups in total. The molecule has 1 aliphatic heterocycles. The summed E-state index contributed by atoms with van der Waals surface area (Å²) >= 11 is 0. The summed E-state index contributed by atoms with van der Waals surface area (Å²) < 4.78 is 25.3. The van der Waals surface area contributed by atoms with Crippen LogP contribution in [0.4, 0.5) is 0 Å². The number of rotatable bonds is 8. The summed E-state index contributed by atoms with van der Waals surface area (Å²) in [5, 5.41) is 0. The lowest BCUT2D eigenvalue weighted by atomic mass is 9.83. The van der Waals surface area contributed by atoms with Crippen molar-refractivity contribution in [1.29, 1.82) is 0 Å². The third-order valence-electron chi connectivity index (χ3n) is 5.88. The molecule has 1 saturated heterocycles. The average molecular weight is 402 g/mol. The topological polar surface area (TPSA) is 40.2 Å². The Morgan fingerprint density at radius 1 is 0.667 bits per heavy atom. The van der Waals surface area contributed by atoms with Crippen LogP contribution in [0.2, 0.25) is 0 Å². The molecular weight excluding hydrogens is 376 g/mol. The highest BCUT2D eigenvalue weighted by molar-refractivity contribution is 5.26. The molecule has 0 bridgehead atoms. The first-order valence-corrected chi connectivity index (χ1v) is 10.6. The first-order chi connectivity index (χ1) is 14.8. The Morgan fingerprint density at radius 3 is 1.73 bits per heavy atom. The van der Waals surface area contributed by atoms with E-state index >= 15 is 0 Å². The van der Waals surface area contributed by atoms with Gasteiger partial charge in [0.25, 0.3) is 5.79 Å². The van der Waals surface area contributed by atoms with Crippen LogP contribution in [0.3, 0.4) is 0 Å². The van der Waals surface area contributed by atoms with Crippen molar-refractivity contribution in [2.75, 3.05) is 6.61 Å². The number of epoxide rings is 1. The first kappa shape index (κ1) is 19.0. The lowest BCUT2D eigenvalue weighted by Crippen LogP contribution is -2.55. The van der Waals surface area contributed by atoms with Crippen molar-refractivity contribution in [2.45, 2.75) is 37.3 Å². The van der Waals surface area contributed by atoms with Gasteiger partial charge in [0, 0.05) is 5.92 Å². The third kappa shape index (κ3) is 4.29. The molecule has 4 nitrogen and oxygen atoms in total. The molecule has 2 fully saturated rings. The van der Waals surface area contributed by atoms with Crippen LogP contribution < -0.4 is 14.2 Å². The zero-order valence-corrected chi connectivity index (χ0v) is 16.9. The second-order valence-corrected chi connectivity index (χ2v) is 7.97. The van der Waals surface area contributed by atoms with Crippen LogP contribution in [0.15, 0.2) is 91.0 Å². The molecule has 5 rings (SSSR count). The van der Waals surface area contributed by atoms with Crippen LogP contribution in [0.25, 0.3) is 0 Å². The molecule has 154 valence electrons. The van der Waals surface area contributed by atoms with E-state index in [0.29, 0.717) is 12.2 Å². The number of para-hydroxylation sites is 3. The third-order valence-corrected chi connectivity index (χ3v) is 5.88. The van der Waals surface area contributed by atoms with Gasteiger partial charge in [0.2, 0.25) is 0 Å². The SMILES string of the molecule is c1ccc(OCC(Oc2ccccc2)(Oc2ccccc2)C2CCC3OC3C2)cc1. The van der Waals surface area contributed by atoms with E-state index in [4.69, 9.17) is 18.9 Å². The van der Waals surface area contributed by atoms with E-state index in [1.54, 1.807) is 0 Å². The minimum absolute atomic E-state index is 0.144. The summed E-state index contributed by atoms with van der Waals surface area (Å²) in [6.07, 6.45) is 3.61. The van der Waals surface area contributed by atoms with Crippen molar-refractivity contribution in [3.8, 4) is 17.2 Å². The molecule has 3 aromatic carbocycles. The molecule has 3 aromatic rings. The minimum atomic E-state index is -0.963. The van der Waals surface area contributed by atoms with Crippen molar-refractivity contribution >= 4 is 0 Å². The highest BCUT2D eigenvalue weighted by atomic mass is 16.7. The number of hydrogen-bond donors (Lipinski definition) is 0. The van der Waals surface area contributed by atoms with Gasteiger partial charge in [-0.25, -0.2) is 0 Å². The summed E-state index contributed by atoms with van der Waals surface area (Å²) in [6, 6.07) is 29.5. The molecule has 0 amide bonds. The minimum Gasteiger partial charge on any atom is -0.485 e. The van der Waals surface area contributed by atoms with Gasteiger partial charge in [0.15, 0.2) is 6.61 Å². The van der Waals surface area contributed by atoms with E-state index < -0.39 is 5.79 Å². The van der Waals surface area contributed by atoms with E-state index in [-0.39, 0.29) is 12.5 Å². The van der Waals surface area contributed by atoms with Gasteiger partial charge >= 0.3 is 0 Å². The number of fused-ring (bicyclic) bond motifs is 1. The Balaban J connectivity index is 1.49. The average Bonchev–Trinajstić information content (AvgIpc) is 3.59. The van der Waals surface area contributed by atoms with Gasteiger partial charge in [-0.2, -0.15) is 0 Å². The van der Waals surface area contributed by atoms with Crippen molar-refractivity contribution in [3.63, 3.8) is 0 Å². The molecule has 3 unspecified atom stereocenters. The van der Waals surface area contributed by atoms with Crippen LogP contribution >= 0.6 is 0 Å². The zero-order chi connectivity index (χ0) is 20.2. The molecule has 0 spiro atoms. The second-order valence-electron chi connectivity index (χ2n) is 7.97. The fraction of sp³-hybridized carbons (Fsp3) is 0.308. The van der Waals surface area contributed by atoms with Crippen LogP contribution in [-0.2, 0) is 4.74 Å². The van der Waals surface area contributed by atoms with Gasteiger partial charge in [-0.3, -0.25) is 0 Å². The Morgan fingerprint density at radius 2 is 1.20 bits per heavy atom. The molecular formula is C26H26O4. The molecule has 1 aliphatic carbocycles. The molecule has 1 heterocycles. The quantitative estimate of drug-likeness (QED) is 0.369. The molecule has 0 aromatic heterocycles. The summed E-state index contributed by atoms with van der Waals surface area (Å²) in [4.78, 5) is 0. The van der Waals surface area contributed by atoms with Gasteiger partial charge in [-0.1, -0.05) is 54.6 Å². The predicted octanol–water partition coefficient (Wildman–Crippen LogP) is 5.49.